The highest BCUT2D eigenvalue weighted by Crippen LogP contribution is 2.05. The van der Waals surface area contributed by atoms with Gasteiger partial charge < -0.3 is 4.84 Å². The van der Waals surface area contributed by atoms with Crippen molar-refractivity contribution in [2.45, 2.75) is 13.5 Å². The molecule has 2 rings (SSSR count). The molecule has 3 nitrogen and oxygen atoms in total. The second-order valence-electron chi connectivity index (χ2n) is 4.23. The van der Waals surface area contributed by atoms with Crippen molar-refractivity contribution in [2.24, 2.45) is 5.16 Å². The van der Waals surface area contributed by atoms with Crippen molar-refractivity contribution >= 4 is 6.21 Å². The summed E-state index contributed by atoms with van der Waals surface area (Å²) < 4.78 is 0. The Hall–Kier alpha value is -2.60. The maximum Gasteiger partial charge on any atom is 0.142 e. The van der Waals surface area contributed by atoms with Crippen molar-refractivity contribution in [3.8, 4) is 6.07 Å². The lowest BCUT2D eigenvalue weighted by Gasteiger charge is -1.99. The summed E-state index contributed by atoms with van der Waals surface area (Å²) in [5.74, 6) is 0. The van der Waals surface area contributed by atoms with Gasteiger partial charge in [0.15, 0.2) is 0 Å². The van der Waals surface area contributed by atoms with E-state index in [0.717, 1.165) is 11.1 Å². The number of benzene rings is 2. The van der Waals surface area contributed by atoms with Crippen molar-refractivity contribution in [2.75, 3.05) is 0 Å². The van der Waals surface area contributed by atoms with E-state index in [1.54, 1.807) is 18.3 Å². The lowest BCUT2D eigenvalue weighted by molar-refractivity contribution is 0.132. The summed E-state index contributed by atoms with van der Waals surface area (Å²) in [6.45, 7) is 2.44. The number of aryl methyl sites for hydroxylation is 1. The summed E-state index contributed by atoms with van der Waals surface area (Å²) >= 11 is 0. The molecule has 0 bridgehead atoms. The maximum atomic E-state index is 8.68. The highest BCUT2D eigenvalue weighted by atomic mass is 16.6. The second-order valence-corrected chi connectivity index (χ2v) is 4.23. The largest absolute Gasteiger partial charge is 0.391 e. The van der Waals surface area contributed by atoms with Crippen LogP contribution < -0.4 is 0 Å². The Morgan fingerprint density at radius 3 is 2.42 bits per heavy atom. The molecule has 2 aromatic rings. The monoisotopic (exact) mass is 250 g/mol. The third-order valence-electron chi connectivity index (χ3n) is 2.67. The quantitative estimate of drug-likeness (QED) is 0.616. The lowest BCUT2D eigenvalue weighted by atomic mass is 10.2. The topological polar surface area (TPSA) is 45.4 Å². The number of rotatable bonds is 4. The zero-order valence-electron chi connectivity index (χ0n) is 10.7. The van der Waals surface area contributed by atoms with Crippen LogP contribution in [0.2, 0.25) is 0 Å². The van der Waals surface area contributed by atoms with Gasteiger partial charge in [-0.1, -0.05) is 47.1 Å². The van der Waals surface area contributed by atoms with Crippen molar-refractivity contribution in [1.29, 1.82) is 5.26 Å². The fraction of sp³-hybridized carbons (Fsp3) is 0.125. The minimum absolute atomic E-state index is 0.397. The molecule has 0 radical (unpaired) electrons. The van der Waals surface area contributed by atoms with E-state index < -0.39 is 0 Å². The first-order valence-corrected chi connectivity index (χ1v) is 5.99. The van der Waals surface area contributed by atoms with Crippen LogP contribution in [0, 0.1) is 18.3 Å². The smallest absolute Gasteiger partial charge is 0.142 e. The van der Waals surface area contributed by atoms with Gasteiger partial charge in [0.1, 0.15) is 6.61 Å². The van der Waals surface area contributed by atoms with E-state index in [1.165, 1.54) is 5.56 Å². The molecule has 0 aliphatic carbocycles. The molecule has 0 N–H and O–H groups in total. The predicted octanol–water partition coefficient (Wildman–Crippen LogP) is 3.42. The molecule has 0 saturated heterocycles. The van der Waals surface area contributed by atoms with Crippen LogP contribution in [0.25, 0.3) is 0 Å². The molecule has 0 fully saturated rings. The Morgan fingerprint density at radius 1 is 1.11 bits per heavy atom. The zero-order valence-corrected chi connectivity index (χ0v) is 10.7. The van der Waals surface area contributed by atoms with Gasteiger partial charge >= 0.3 is 0 Å². The molecule has 94 valence electrons. The fourth-order valence-corrected chi connectivity index (χ4v) is 1.54. The highest BCUT2D eigenvalue weighted by Gasteiger charge is 1.93. The Morgan fingerprint density at radius 2 is 1.79 bits per heavy atom. The number of oxime groups is 1. The fourth-order valence-electron chi connectivity index (χ4n) is 1.54. The summed E-state index contributed by atoms with van der Waals surface area (Å²) in [7, 11) is 0. The molecule has 0 amide bonds. The minimum Gasteiger partial charge on any atom is -0.391 e. The van der Waals surface area contributed by atoms with E-state index in [1.807, 2.05) is 43.3 Å². The Kier molecular flexibility index (Phi) is 4.30. The number of nitriles is 1. The molecule has 0 aromatic heterocycles. The first-order chi connectivity index (χ1) is 9.28. The van der Waals surface area contributed by atoms with Crippen molar-refractivity contribution < 1.29 is 4.84 Å². The normalized spacial score (nSPS) is 10.3. The summed E-state index contributed by atoms with van der Waals surface area (Å²) in [5, 5.41) is 12.6. The van der Waals surface area contributed by atoms with Crippen LogP contribution in [0.1, 0.15) is 22.3 Å². The second kappa shape index (κ2) is 6.36. The molecule has 0 aliphatic heterocycles. The van der Waals surface area contributed by atoms with Crippen LogP contribution in [-0.4, -0.2) is 6.21 Å². The minimum atomic E-state index is 0.397. The number of nitrogens with zero attached hydrogens (tertiary/aromatic N) is 2. The van der Waals surface area contributed by atoms with Crippen molar-refractivity contribution in [1.82, 2.24) is 0 Å². The average Bonchev–Trinajstić information content (AvgIpc) is 2.46. The molecular weight excluding hydrogens is 236 g/mol. The third-order valence-corrected chi connectivity index (χ3v) is 2.67. The van der Waals surface area contributed by atoms with Gasteiger partial charge in [-0.3, -0.25) is 0 Å². The van der Waals surface area contributed by atoms with Gasteiger partial charge in [-0.25, -0.2) is 0 Å². The SMILES string of the molecule is Cc1ccc(C=NOCc2ccc(C#N)cc2)cc1. The molecule has 3 heteroatoms. The maximum absolute atomic E-state index is 8.68. The van der Waals surface area contributed by atoms with Gasteiger partial charge in [-0.15, -0.1) is 0 Å². The number of hydrogen-bond acceptors (Lipinski definition) is 3. The van der Waals surface area contributed by atoms with Crippen LogP contribution in [0.4, 0.5) is 0 Å². The van der Waals surface area contributed by atoms with Gasteiger partial charge in [-0.2, -0.15) is 5.26 Å². The van der Waals surface area contributed by atoms with Gasteiger partial charge in [0, 0.05) is 0 Å². The summed E-state index contributed by atoms with van der Waals surface area (Å²) in [4.78, 5) is 5.21. The first-order valence-electron chi connectivity index (χ1n) is 5.99. The van der Waals surface area contributed by atoms with Crippen LogP contribution >= 0.6 is 0 Å². The Labute approximate surface area is 112 Å². The molecule has 0 atom stereocenters. The van der Waals surface area contributed by atoms with Crippen LogP contribution in [0.3, 0.4) is 0 Å². The highest BCUT2D eigenvalue weighted by molar-refractivity contribution is 5.79. The molecule has 2 aromatic carbocycles. The lowest BCUT2D eigenvalue weighted by Crippen LogP contribution is -1.88. The van der Waals surface area contributed by atoms with Gasteiger partial charge in [-0.05, 0) is 30.2 Å². The molecule has 0 aliphatic rings. The standard InChI is InChI=1S/C16H14N2O/c1-13-2-4-15(5-3-13)11-18-19-12-16-8-6-14(10-17)7-9-16/h2-9,11H,12H2,1H3. The van der Waals surface area contributed by atoms with E-state index in [-0.39, 0.29) is 0 Å². The summed E-state index contributed by atoms with van der Waals surface area (Å²) in [6.07, 6.45) is 1.68. The van der Waals surface area contributed by atoms with E-state index in [9.17, 15) is 0 Å². The van der Waals surface area contributed by atoms with Crippen LogP contribution in [-0.2, 0) is 11.4 Å². The van der Waals surface area contributed by atoms with E-state index >= 15 is 0 Å². The molecule has 0 saturated carbocycles. The molecule has 0 heterocycles. The van der Waals surface area contributed by atoms with Gasteiger partial charge in [0.25, 0.3) is 0 Å². The Balaban J connectivity index is 1.85. The molecule has 0 spiro atoms. The summed E-state index contributed by atoms with van der Waals surface area (Å²) in [5.41, 5.74) is 3.85. The van der Waals surface area contributed by atoms with E-state index in [4.69, 9.17) is 10.1 Å². The van der Waals surface area contributed by atoms with Crippen molar-refractivity contribution in [3.63, 3.8) is 0 Å². The van der Waals surface area contributed by atoms with Gasteiger partial charge in [0.2, 0.25) is 0 Å². The third kappa shape index (κ3) is 3.97. The van der Waals surface area contributed by atoms with Crippen LogP contribution in [0.5, 0.6) is 0 Å². The Bertz CT molecular complexity index is 592. The molecular formula is C16H14N2O. The predicted molar refractivity (Wildman–Crippen MR) is 74.7 cm³/mol. The van der Waals surface area contributed by atoms with Crippen molar-refractivity contribution in [3.05, 3.63) is 70.8 Å². The van der Waals surface area contributed by atoms with Gasteiger partial charge in [0.05, 0.1) is 17.8 Å². The summed E-state index contributed by atoms with van der Waals surface area (Å²) in [6, 6.07) is 17.4. The van der Waals surface area contributed by atoms with E-state index in [2.05, 4.69) is 11.2 Å². The van der Waals surface area contributed by atoms with E-state index in [0.29, 0.717) is 12.2 Å². The molecule has 0 unspecified atom stereocenters. The zero-order chi connectivity index (χ0) is 13.5. The van der Waals surface area contributed by atoms with Crippen LogP contribution in [0.15, 0.2) is 53.7 Å². The first kappa shape index (κ1) is 12.8. The average molecular weight is 250 g/mol. The number of hydrogen-bond donors (Lipinski definition) is 0. The molecule has 19 heavy (non-hydrogen) atoms.